The number of carbonyl (C=O) groups is 1. The van der Waals surface area contributed by atoms with Crippen molar-refractivity contribution in [2.45, 2.75) is 39.0 Å². The summed E-state index contributed by atoms with van der Waals surface area (Å²) in [6.07, 6.45) is 4.78. The molecule has 0 fully saturated rings. The van der Waals surface area contributed by atoms with E-state index < -0.39 is 0 Å². The lowest BCUT2D eigenvalue weighted by atomic mass is 9.92. The van der Waals surface area contributed by atoms with Gasteiger partial charge in [0.1, 0.15) is 0 Å². The molecule has 0 radical (unpaired) electrons. The lowest BCUT2D eigenvalue weighted by molar-refractivity contribution is -0.121. The van der Waals surface area contributed by atoms with E-state index in [2.05, 4.69) is 54.8 Å². The molecule has 1 aromatic carbocycles. The molecule has 2 N–H and O–H groups in total. The van der Waals surface area contributed by atoms with Gasteiger partial charge in [-0.2, -0.15) is 0 Å². The summed E-state index contributed by atoms with van der Waals surface area (Å²) in [6, 6.07) is 8.53. The molecule has 1 aromatic rings. The monoisotopic (exact) mass is 322 g/mol. The zero-order valence-electron chi connectivity index (χ0n) is 13.5. The molecule has 1 heterocycles. The number of aryl methyl sites for hydroxylation is 1. The number of hydrogen-bond donors (Lipinski definition) is 2. The molecule has 0 aliphatic carbocycles. The zero-order valence-corrected chi connectivity index (χ0v) is 14.3. The van der Waals surface area contributed by atoms with Crippen molar-refractivity contribution < 1.29 is 4.79 Å². The molecule has 3 nitrogen and oxygen atoms in total. The number of halogens is 1. The van der Waals surface area contributed by atoms with E-state index >= 15 is 0 Å². The average molecular weight is 323 g/mol. The van der Waals surface area contributed by atoms with Gasteiger partial charge in [0.05, 0.1) is 0 Å². The lowest BCUT2D eigenvalue weighted by Crippen LogP contribution is -2.30. The van der Waals surface area contributed by atoms with Gasteiger partial charge < -0.3 is 10.6 Å². The molecule has 22 heavy (non-hydrogen) atoms. The van der Waals surface area contributed by atoms with Crippen LogP contribution in [0.15, 0.2) is 35.9 Å². The van der Waals surface area contributed by atoms with E-state index in [4.69, 9.17) is 0 Å². The Balaban J connectivity index is 0.00000242. The third-order valence-corrected chi connectivity index (χ3v) is 4.14. The van der Waals surface area contributed by atoms with E-state index in [-0.39, 0.29) is 18.3 Å². The molecule has 1 atom stereocenters. The van der Waals surface area contributed by atoms with Gasteiger partial charge in [0, 0.05) is 19.5 Å². The second-order valence-electron chi connectivity index (χ2n) is 5.81. The molecule has 122 valence electrons. The molecule has 0 spiro atoms. The van der Waals surface area contributed by atoms with Crippen molar-refractivity contribution in [2.75, 3.05) is 19.6 Å². The Labute approximate surface area is 140 Å². The SMILES string of the molecule is CCC(CC(=O)NCC1=CCNCC1)c1ccc(C)cc1.Cl. The van der Waals surface area contributed by atoms with Crippen LogP contribution < -0.4 is 10.6 Å². The number of carbonyl (C=O) groups excluding carboxylic acids is 1. The standard InChI is InChI=1S/C18H26N2O.ClH/c1-3-16(17-6-4-14(2)5-7-17)12-18(21)20-13-15-8-10-19-11-9-15;/h4-8,16,19H,3,9-13H2,1-2H3,(H,20,21);1H. The molecule has 0 saturated heterocycles. The van der Waals surface area contributed by atoms with E-state index in [1.807, 2.05) is 0 Å². The molecule has 1 aliphatic heterocycles. The molecule has 0 aromatic heterocycles. The van der Waals surface area contributed by atoms with Crippen LogP contribution >= 0.6 is 12.4 Å². The molecular weight excluding hydrogens is 296 g/mol. The second-order valence-corrected chi connectivity index (χ2v) is 5.81. The topological polar surface area (TPSA) is 41.1 Å². The summed E-state index contributed by atoms with van der Waals surface area (Å²) in [5, 5.41) is 6.34. The molecule has 4 heteroatoms. The first-order valence-electron chi connectivity index (χ1n) is 7.91. The smallest absolute Gasteiger partial charge is 0.220 e. The third kappa shape index (κ3) is 5.82. The van der Waals surface area contributed by atoms with E-state index in [1.165, 1.54) is 16.7 Å². The van der Waals surface area contributed by atoms with Gasteiger partial charge in [-0.15, -0.1) is 12.4 Å². The highest BCUT2D eigenvalue weighted by molar-refractivity contribution is 5.85. The highest BCUT2D eigenvalue weighted by atomic mass is 35.5. The minimum Gasteiger partial charge on any atom is -0.352 e. The third-order valence-electron chi connectivity index (χ3n) is 4.14. The number of amides is 1. The fourth-order valence-corrected chi connectivity index (χ4v) is 2.67. The van der Waals surface area contributed by atoms with Crippen molar-refractivity contribution in [3.05, 3.63) is 47.0 Å². The van der Waals surface area contributed by atoms with E-state index in [9.17, 15) is 4.79 Å². The lowest BCUT2D eigenvalue weighted by Gasteiger charge is -2.17. The summed E-state index contributed by atoms with van der Waals surface area (Å²) in [5.74, 6) is 0.467. The Morgan fingerprint density at radius 2 is 2.05 bits per heavy atom. The molecule has 1 unspecified atom stereocenters. The number of nitrogens with one attached hydrogen (secondary N) is 2. The fraction of sp³-hybridized carbons (Fsp3) is 0.500. The first-order chi connectivity index (χ1) is 10.2. The molecule has 0 bridgehead atoms. The van der Waals surface area contributed by atoms with Gasteiger partial charge in [-0.25, -0.2) is 0 Å². The summed E-state index contributed by atoms with van der Waals surface area (Å²) in [4.78, 5) is 12.1. The van der Waals surface area contributed by atoms with Crippen LogP contribution in [0, 0.1) is 6.92 Å². The van der Waals surface area contributed by atoms with Gasteiger partial charge in [-0.05, 0) is 37.8 Å². The predicted molar refractivity (Wildman–Crippen MR) is 94.7 cm³/mol. The van der Waals surface area contributed by atoms with Crippen LogP contribution in [0.4, 0.5) is 0 Å². The quantitative estimate of drug-likeness (QED) is 0.789. The molecule has 2 rings (SSSR count). The second kappa shape index (κ2) is 9.65. The minimum atomic E-state index is 0. The van der Waals surface area contributed by atoms with Gasteiger partial charge in [-0.1, -0.05) is 48.4 Å². The molecular formula is C18H27ClN2O. The van der Waals surface area contributed by atoms with Gasteiger partial charge in [0.15, 0.2) is 0 Å². The Bertz CT molecular complexity index is 496. The normalized spacial score (nSPS) is 15.5. The van der Waals surface area contributed by atoms with Crippen molar-refractivity contribution in [1.29, 1.82) is 0 Å². The zero-order chi connectivity index (χ0) is 15.1. The van der Waals surface area contributed by atoms with Crippen LogP contribution in [-0.4, -0.2) is 25.5 Å². The summed E-state index contributed by atoms with van der Waals surface area (Å²) in [5.41, 5.74) is 3.86. The van der Waals surface area contributed by atoms with Gasteiger partial charge in [0.2, 0.25) is 5.91 Å². The molecule has 1 amide bonds. The first-order valence-corrected chi connectivity index (χ1v) is 7.91. The van der Waals surface area contributed by atoms with Crippen LogP contribution in [0.25, 0.3) is 0 Å². The maximum atomic E-state index is 12.1. The van der Waals surface area contributed by atoms with Crippen molar-refractivity contribution in [2.24, 2.45) is 0 Å². The van der Waals surface area contributed by atoms with Gasteiger partial charge in [-0.3, -0.25) is 4.79 Å². The van der Waals surface area contributed by atoms with Gasteiger partial charge in [0.25, 0.3) is 0 Å². The van der Waals surface area contributed by atoms with E-state index in [0.29, 0.717) is 18.9 Å². The van der Waals surface area contributed by atoms with Crippen LogP contribution in [-0.2, 0) is 4.79 Å². The van der Waals surface area contributed by atoms with Gasteiger partial charge >= 0.3 is 0 Å². The number of hydrogen-bond acceptors (Lipinski definition) is 2. The summed E-state index contributed by atoms with van der Waals surface area (Å²) < 4.78 is 0. The first kappa shape index (κ1) is 18.7. The number of benzene rings is 1. The number of rotatable bonds is 6. The van der Waals surface area contributed by atoms with Crippen molar-refractivity contribution in [3.63, 3.8) is 0 Å². The largest absolute Gasteiger partial charge is 0.352 e. The summed E-state index contributed by atoms with van der Waals surface area (Å²) >= 11 is 0. The Hall–Kier alpha value is -1.32. The average Bonchev–Trinajstić information content (AvgIpc) is 2.52. The van der Waals surface area contributed by atoms with Crippen LogP contribution in [0.3, 0.4) is 0 Å². The van der Waals surface area contributed by atoms with E-state index in [1.54, 1.807) is 0 Å². The highest BCUT2D eigenvalue weighted by Crippen LogP contribution is 2.23. The maximum absolute atomic E-state index is 12.1. The summed E-state index contributed by atoms with van der Waals surface area (Å²) in [7, 11) is 0. The van der Waals surface area contributed by atoms with Crippen molar-refractivity contribution >= 4 is 18.3 Å². The van der Waals surface area contributed by atoms with E-state index in [0.717, 1.165) is 25.9 Å². The Morgan fingerprint density at radius 1 is 1.32 bits per heavy atom. The highest BCUT2D eigenvalue weighted by Gasteiger charge is 2.14. The van der Waals surface area contributed by atoms with Crippen molar-refractivity contribution in [3.8, 4) is 0 Å². The molecule has 0 saturated carbocycles. The summed E-state index contributed by atoms with van der Waals surface area (Å²) in [6.45, 7) is 6.87. The molecule has 1 aliphatic rings. The van der Waals surface area contributed by atoms with Crippen LogP contribution in [0.2, 0.25) is 0 Å². The van der Waals surface area contributed by atoms with Crippen LogP contribution in [0.5, 0.6) is 0 Å². The Morgan fingerprint density at radius 3 is 2.64 bits per heavy atom. The maximum Gasteiger partial charge on any atom is 0.220 e. The predicted octanol–water partition coefficient (Wildman–Crippen LogP) is 3.34. The van der Waals surface area contributed by atoms with Crippen LogP contribution in [0.1, 0.15) is 43.2 Å². The Kier molecular flexibility index (Phi) is 8.21. The fourth-order valence-electron chi connectivity index (χ4n) is 2.67. The minimum absolute atomic E-state index is 0. The van der Waals surface area contributed by atoms with Crippen molar-refractivity contribution in [1.82, 2.24) is 10.6 Å².